The molecule has 7 heteroatoms. The van der Waals surface area contributed by atoms with Gasteiger partial charge in [0.15, 0.2) is 11.6 Å². The van der Waals surface area contributed by atoms with Crippen LogP contribution in [0.1, 0.15) is 95.6 Å². The van der Waals surface area contributed by atoms with Crippen molar-refractivity contribution in [1.29, 1.82) is 0 Å². The van der Waals surface area contributed by atoms with Gasteiger partial charge in [-0.15, -0.1) is 0 Å². The smallest absolute Gasteiger partial charge is 0.410 e. The minimum Gasteiger partial charge on any atom is -0.450 e. The van der Waals surface area contributed by atoms with E-state index >= 15 is 0 Å². The van der Waals surface area contributed by atoms with Gasteiger partial charge in [-0.1, -0.05) is 64.0 Å². The maximum Gasteiger partial charge on any atom is 0.410 e. The van der Waals surface area contributed by atoms with E-state index in [9.17, 15) is 23.2 Å². The summed E-state index contributed by atoms with van der Waals surface area (Å²) in [5.74, 6) is -1.83. The molecule has 1 aliphatic rings. The molecule has 0 heterocycles. The molecule has 0 aliphatic heterocycles. The van der Waals surface area contributed by atoms with E-state index in [1.807, 2.05) is 0 Å². The van der Waals surface area contributed by atoms with Gasteiger partial charge < -0.3 is 19.2 Å². The minimum atomic E-state index is -1.14. The molecule has 0 spiro atoms. The zero-order valence-electron chi connectivity index (χ0n) is 20.6. The van der Waals surface area contributed by atoms with E-state index in [-0.39, 0.29) is 25.1 Å². The standard InChI is InChI=1S/C27H39F2NO4/c1-3-5-6-7-8-9-10-11-12-21-13-14-22(25(29)24(21)28)18-30(26(33)34-4-2)23-15-16-27(17-23,19-31)20-32/h13-14,19-20,23H,3-12,15-18H2,1-2H3. The first-order chi connectivity index (χ1) is 16.4. The number of halogens is 2. The molecule has 1 atom stereocenters. The summed E-state index contributed by atoms with van der Waals surface area (Å²) >= 11 is 0. The van der Waals surface area contributed by atoms with Crippen molar-refractivity contribution in [2.45, 2.75) is 103 Å². The summed E-state index contributed by atoms with van der Waals surface area (Å²) in [7, 11) is 0. The molecule has 1 fully saturated rings. The van der Waals surface area contributed by atoms with Crippen LogP contribution >= 0.6 is 0 Å². The van der Waals surface area contributed by atoms with Gasteiger partial charge in [0, 0.05) is 11.6 Å². The lowest BCUT2D eigenvalue weighted by molar-refractivity contribution is -0.126. The molecule has 190 valence electrons. The second-order valence-electron chi connectivity index (χ2n) is 9.43. The van der Waals surface area contributed by atoms with Crippen LogP contribution in [0.3, 0.4) is 0 Å². The lowest BCUT2D eigenvalue weighted by atomic mass is 9.90. The van der Waals surface area contributed by atoms with Crippen molar-refractivity contribution in [2.75, 3.05) is 6.61 Å². The Kier molecular flexibility index (Phi) is 11.6. The number of hydrogen-bond acceptors (Lipinski definition) is 4. The fraction of sp³-hybridized carbons (Fsp3) is 0.667. The molecule has 0 N–H and O–H groups in total. The Morgan fingerprint density at radius 3 is 2.18 bits per heavy atom. The number of benzene rings is 1. The maximum atomic E-state index is 14.9. The number of amides is 1. The minimum absolute atomic E-state index is 0.0555. The molecule has 0 radical (unpaired) electrons. The van der Waals surface area contributed by atoms with Crippen LogP contribution in [0.2, 0.25) is 0 Å². The van der Waals surface area contributed by atoms with Gasteiger partial charge in [-0.3, -0.25) is 0 Å². The lowest BCUT2D eigenvalue weighted by Gasteiger charge is -2.29. The maximum absolute atomic E-state index is 14.9. The number of aldehydes is 2. The van der Waals surface area contributed by atoms with Crippen LogP contribution in [-0.4, -0.2) is 36.2 Å². The summed E-state index contributed by atoms with van der Waals surface area (Å²) in [5.41, 5.74) is -0.740. The monoisotopic (exact) mass is 479 g/mol. The van der Waals surface area contributed by atoms with Gasteiger partial charge in [0.1, 0.15) is 12.6 Å². The molecule has 2 rings (SSSR count). The second kappa shape index (κ2) is 14.2. The Balaban J connectivity index is 2.01. The number of rotatable bonds is 15. The zero-order chi connectivity index (χ0) is 25.0. The van der Waals surface area contributed by atoms with Gasteiger partial charge in [-0.05, 0) is 44.6 Å². The highest BCUT2D eigenvalue weighted by molar-refractivity contribution is 5.84. The number of ether oxygens (including phenoxy) is 1. The van der Waals surface area contributed by atoms with E-state index in [1.54, 1.807) is 13.0 Å². The number of aryl methyl sites for hydroxylation is 1. The molecule has 0 saturated heterocycles. The zero-order valence-corrected chi connectivity index (χ0v) is 20.6. The van der Waals surface area contributed by atoms with E-state index in [0.717, 1.165) is 19.3 Å². The third-order valence-corrected chi connectivity index (χ3v) is 6.85. The number of carbonyl (C=O) groups excluding carboxylic acids is 3. The Morgan fingerprint density at radius 1 is 1.00 bits per heavy atom. The van der Waals surface area contributed by atoms with Gasteiger partial charge in [-0.25, -0.2) is 13.6 Å². The molecule has 1 saturated carbocycles. The highest BCUT2D eigenvalue weighted by Gasteiger charge is 2.43. The van der Waals surface area contributed by atoms with Crippen LogP contribution in [0.15, 0.2) is 12.1 Å². The van der Waals surface area contributed by atoms with Crippen molar-refractivity contribution in [2.24, 2.45) is 5.41 Å². The number of unbranched alkanes of at least 4 members (excludes halogenated alkanes) is 7. The van der Waals surface area contributed by atoms with Crippen molar-refractivity contribution in [3.05, 3.63) is 34.9 Å². The Labute approximate surface area is 202 Å². The summed E-state index contributed by atoms with van der Waals surface area (Å²) in [6.07, 6.45) is 11.0. The Bertz CT molecular complexity index is 806. The molecule has 1 aliphatic carbocycles. The molecule has 1 aromatic carbocycles. The molecule has 34 heavy (non-hydrogen) atoms. The van der Waals surface area contributed by atoms with Gasteiger partial charge in [0.05, 0.1) is 18.6 Å². The van der Waals surface area contributed by atoms with E-state index in [2.05, 4.69) is 6.92 Å². The molecular weight excluding hydrogens is 440 g/mol. The summed E-state index contributed by atoms with van der Waals surface area (Å²) in [6, 6.07) is 2.65. The topological polar surface area (TPSA) is 63.7 Å². The Hall–Kier alpha value is -2.31. The van der Waals surface area contributed by atoms with Crippen molar-refractivity contribution in [1.82, 2.24) is 4.90 Å². The van der Waals surface area contributed by atoms with Gasteiger partial charge in [0.2, 0.25) is 0 Å². The fourth-order valence-electron chi connectivity index (χ4n) is 4.71. The molecule has 1 aromatic rings. The lowest BCUT2D eigenvalue weighted by Crippen LogP contribution is -2.40. The highest BCUT2D eigenvalue weighted by Crippen LogP contribution is 2.38. The van der Waals surface area contributed by atoms with Crippen LogP contribution < -0.4 is 0 Å². The third-order valence-electron chi connectivity index (χ3n) is 6.85. The molecule has 1 unspecified atom stereocenters. The predicted molar refractivity (Wildman–Crippen MR) is 127 cm³/mol. The number of nitrogens with zero attached hydrogens (tertiary/aromatic N) is 1. The third kappa shape index (κ3) is 7.60. The van der Waals surface area contributed by atoms with Crippen molar-refractivity contribution >= 4 is 18.7 Å². The summed E-state index contributed by atoms with van der Waals surface area (Å²) < 4.78 is 34.8. The molecular formula is C27H39F2NO4. The average molecular weight is 480 g/mol. The van der Waals surface area contributed by atoms with E-state index in [0.29, 0.717) is 37.4 Å². The molecule has 0 aromatic heterocycles. The van der Waals surface area contributed by atoms with Gasteiger partial charge in [-0.2, -0.15) is 0 Å². The molecule has 1 amide bonds. The van der Waals surface area contributed by atoms with Crippen LogP contribution in [0.4, 0.5) is 13.6 Å². The highest BCUT2D eigenvalue weighted by atomic mass is 19.2. The number of carbonyl (C=O) groups is 3. The average Bonchev–Trinajstić information content (AvgIpc) is 3.27. The first-order valence-corrected chi connectivity index (χ1v) is 12.7. The van der Waals surface area contributed by atoms with E-state index < -0.39 is 29.2 Å². The number of hydrogen-bond donors (Lipinski definition) is 0. The van der Waals surface area contributed by atoms with Crippen LogP contribution in [0, 0.1) is 17.0 Å². The molecule has 0 bridgehead atoms. The summed E-state index contributed by atoms with van der Waals surface area (Å²) in [6.45, 7) is 3.79. The SMILES string of the molecule is CCCCCCCCCCc1ccc(CN(C(=O)OCC)C2CCC(C=O)(C=O)C2)c(F)c1F. The van der Waals surface area contributed by atoms with Crippen molar-refractivity contribution in [3.63, 3.8) is 0 Å². The van der Waals surface area contributed by atoms with Gasteiger partial charge >= 0.3 is 6.09 Å². The summed E-state index contributed by atoms with van der Waals surface area (Å²) in [5, 5.41) is 0. The van der Waals surface area contributed by atoms with Crippen molar-refractivity contribution < 1.29 is 27.9 Å². The normalized spacial score (nSPS) is 16.9. The quantitative estimate of drug-likeness (QED) is 0.163. The summed E-state index contributed by atoms with van der Waals surface area (Å²) in [4.78, 5) is 36.8. The fourth-order valence-corrected chi connectivity index (χ4v) is 4.71. The van der Waals surface area contributed by atoms with E-state index in [4.69, 9.17) is 4.74 Å². The predicted octanol–water partition coefficient (Wildman–Crippen LogP) is 6.54. The molecule has 5 nitrogen and oxygen atoms in total. The largest absolute Gasteiger partial charge is 0.450 e. The van der Waals surface area contributed by atoms with Gasteiger partial charge in [0.25, 0.3) is 0 Å². The second-order valence-corrected chi connectivity index (χ2v) is 9.43. The Morgan fingerprint density at radius 2 is 1.59 bits per heavy atom. The van der Waals surface area contributed by atoms with Crippen molar-refractivity contribution in [3.8, 4) is 0 Å². The van der Waals surface area contributed by atoms with Crippen LogP contribution in [0.25, 0.3) is 0 Å². The van der Waals surface area contributed by atoms with E-state index in [1.165, 1.54) is 43.1 Å². The van der Waals surface area contributed by atoms with Crippen LogP contribution in [0.5, 0.6) is 0 Å². The first-order valence-electron chi connectivity index (χ1n) is 12.7. The van der Waals surface area contributed by atoms with Crippen LogP contribution in [-0.2, 0) is 27.3 Å². The first kappa shape index (κ1) is 27.9.